The van der Waals surface area contributed by atoms with Crippen molar-refractivity contribution in [2.24, 2.45) is 5.11 Å². The fourth-order valence-corrected chi connectivity index (χ4v) is 4.37. The molecular weight excluding hydrogens is 446 g/mol. The average Bonchev–Trinajstić information content (AvgIpc) is 2.93. The molecule has 2 aliphatic rings. The van der Waals surface area contributed by atoms with Crippen LogP contribution >= 0.6 is 0 Å². The zero-order valence-electron chi connectivity index (χ0n) is 19.1. The SMILES string of the molecule is [N-]=[N+]=NC1C(OCc2ccccc2)O[C@@H]2COC(c3ccccc3)O[C@H]2[C@@H]1OCc1ccccc1. The predicted molar refractivity (Wildman–Crippen MR) is 128 cm³/mol. The van der Waals surface area contributed by atoms with Crippen LogP contribution in [0.2, 0.25) is 0 Å². The van der Waals surface area contributed by atoms with Crippen LogP contribution in [0.1, 0.15) is 23.0 Å². The van der Waals surface area contributed by atoms with Crippen LogP contribution in [0.15, 0.2) is 96.1 Å². The fraction of sp³-hybridized carbons (Fsp3) is 0.333. The van der Waals surface area contributed by atoms with E-state index in [9.17, 15) is 5.53 Å². The lowest BCUT2D eigenvalue weighted by molar-refractivity contribution is -0.348. The Bertz CT molecular complexity index is 1110. The lowest BCUT2D eigenvalue weighted by atomic mass is 9.96. The van der Waals surface area contributed by atoms with E-state index >= 15 is 0 Å². The summed E-state index contributed by atoms with van der Waals surface area (Å²) in [6.07, 6.45) is -2.93. The van der Waals surface area contributed by atoms with Crippen molar-refractivity contribution >= 4 is 0 Å². The van der Waals surface area contributed by atoms with E-state index in [1.54, 1.807) is 0 Å². The molecule has 8 heteroatoms. The molecule has 2 heterocycles. The standard InChI is InChI=1S/C27H27N3O5/c28-30-29-23-25(31-16-19-10-4-1-5-11-19)24-22(18-33-26(35-24)21-14-8-3-9-15-21)34-27(23)32-17-20-12-6-2-7-13-20/h1-15,22-27H,16-18H2/t22-,23?,24-,25-,26?,27?/m1/s1. The number of hydrogen-bond donors (Lipinski definition) is 0. The van der Waals surface area contributed by atoms with Gasteiger partial charge in [-0.2, -0.15) is 0 Å². The molecule has 0 aromatic heterocycles. The quantitative estimate of drug-likeness (QED) is 0.251. The summed E-state index contributed by atoms with van der Waals surface area (Å²) in [6.45, 7) is 0.932. The lowest BCUT2D eigenvalue weighted by Gasteiger charge is -2.48. The van der Waals surface area contributed by atoms with Gasteiger partial charge in [-0.3, -0.25) is 0 Å². The highest BCUT2D eigenvalue weighted by atomic mass is 16.7. The molecule has 3 aromatic carbocycles. The minimum Gasteiger partial charge on any atom is -0.370 e. The van der Waals surface area contributed by atoms with Crippen LogP contribution in [0.4, 0.5) is 0 Å². The minimum absolute atomic E-state index is 0.295. The maximum absolute atomic E-state index is 9.38. The van der Waals surface area contributed by atoms with Crippen molar-refractivity contribution in [3.05, 3.63) is 118 Å². The Labute approximate surface area is 204 Å². The summed E-state index contributed by atoms with van der Waals surface area (Å²) < 4.78 is 31.0. The molecule has 0 bridgehead atoms. The number of fused-ring (bicyclic) bond motifs is 1. The van der Waals surface area contributed by atoms with Crippen molar-refractivity contribution < 1.29 is 23.7 Å². The first-order valence-corrected chi connectivity index (χ1v) is 11.6. The molecule has 3 unspecified atom stereocenters. The third-order valence-corrected chi connectivity index (χ3v) is 6.11. The third-order valence-electron chi connectivity index (χ3n) is 6.11. The normalized spacial score (nSPS) is 28.0. The van der Waals surface area contributed by atoms with Gasteiger partial charge in [0.15, 0.2) is 12.6 Å². The highest BCUT2D eigenvalue weighted by Gasteiger charge is 2.51. The van der Waals surface area contributed by atoms with Gasteiger partial charge in [0.2, 0.25) is 0 Å². The van der Waals surface area contributed by atoms with Crippen molar-refractivity contribution in [2.75, 3.05) is 6.61 Å². The number of azide groups is 1. The Morgan fingerprint density at radius 2 is 1.40 bits per heavy atom. The summed E-state index contributed by atoms with van der Waals surface area (Å²) in [5.41, 5.74) is 12.3. The molecule has 0 saturated carbocycles. The number of nitrogens with zero attached hydrogens (tertiary/aromatic N) is 3. The van der Waals surface area contributed by atoms with Gasteiger partial charge < -0.3 is 23.7 Å². The van der Waals surface area contributed by atoms with Crippen LogP contribution in [0.3, 0.4) is 0 Å². The zero-order valence-corrected chi connectivity index (χ0v) is 19.1. The van der Waals surface area contributed by atoms with Crippen LogP contribution in [-0.4, -0.2) is 37.3 Å². The van der Waals surface area contributed by atoms with Crippen LogP contribution in [0.25, 0.3) is 10.4 Å². The molecule has 6 atom stereocenters. The van der Waals surface area contributed by atoms with Gasteiger partial charge in [0.25, 0.3) is 0 Å². The molecule has 3 aromatic rings. The van der Waals surface area contributed by atoms with E-state index < -0.39 is 36.9 Å². The van der Waals surface area contributed by atoms with Gasteiger partial charge in [-0.05, 0) is 16.7 Å². The van der Waals surface area contributed by atoms with E-state index in [-0.39, 0.29) is 0 Å². The van der Waals surface area contributed by atoms with Crippen molar-refractivity contribution in [1.82, 2.24) is 0 Å². The highest BCUT2D eigenvalue weighted by molar-refractivity contribution is 5.17. The van der Waals surface area contributed by atoms with Crippen molar-refractivity contribution in [2.45, 2.75) is 50.1 Å². The number of hydrogen-bond acceptors (Lipinski definition) is 6. The van der Waals surface area contributed by atoms with Crippen LogP contribution in [-0.2, 0) is 36.9 Å². The Hall–Kier alpha value is -3.23. The second-order valence-electron chi connectivity index (χ2n) is 8.47. The minimum atomic E-state index is -0.811. The first-order chi connectivity index (χ1) is 17.3. The molecule has 0 amide bonds. The predicted octanol–water partition coefficient (Wildman–Crippen LogP) is 5.31. The molecule has 180 valence electrons. The van der Waals surface area contributed by atoms with Crippen molar-refractivity contribution in [3.63, 3.8) is 0 Å². The van der Waals surface area contributed by atoms with E-state index in [0.29, 0.717) is 19.8 Å². The summed E-state index contributed by atoms with van der Waals surface area (Å²) in [4.78, 5) is 3.08. The topological polar surface area (TPSA) is 94.9 Å². The van der Waals surface area contributed by atoms with E-state index in [1.807, 2.05) is 91.0 Å². The Morgan fingerprint density at radius 1 is 0.800 bits per heavy atom. The molecule has 2 aliphatic heterocycles. The van der Waals surface area contributed by atoms with E-state index in [2.05, 4.69) is 10.0 Å². The molecule has 8 nitrogen and oxygen atoms in total. The lowest BCUT2D eigenvalue weighted by Crippen LogP contribution is -2.62. The van der Waals surface area contributed by atoms with Gasteiger partial charge in [0.05, 0.1) is 19.8 Å². The molecule has 0 spiro atoms. The van der Waals surface area contributed by atoms with E-state index in [4.69, 9.17) is 23.7 Å². The van der Waals surface area contributed by atoms with Gasteiger partial charge in [-0.1, -0.05) is 96.1 Å². The Balaban J connectivity index is 1.39. The van der Waals surface area contributed by atoms with Gasteiger partial charge in [-0.25, -0.2) is 0 Å². The molecule has 5 rings (SSSR count). The highest BCUT2D eigenvalue weighted by Crippen LogP contribution is 2.37. The summed E-state index contributed by atoms with van der Waals surface area (Å²) in [7, 11) is 0. The molecule has 35 heavy (non-hydrogen) atoms. The maximum atomic E-state index is 9.38. The monoisotopic (exact) mass is 473 g/mol. The fourth-order valence-electron chi connectivity index (χ4n) is 4.37. The molecule has 0 aliphatic carbocycles. The first-order valence-electron chi connectivity index (χ1n) is 11.6. The third kappa shape index (κ3) is 5.71. The number of ether oxygens (including phenoxy) is 5. The number of benzene rings is 3. The van der Waals surface area contributed by atoms with Gasteiger partial charge in [0.1, 0.15) is 24.4 Å². The van der Waals surface area contributed by atoms with Gasteiger partial charge in [0, 0.05) is 10.5 Å². The smallest absolute Gasteiger partial charge is 0.184 e. The second-order valence-corrected chi connectivity index (χ2v) is 8.47. The first kappa shape index (κ1) is 23.5. The van der Waals surface area contributed by atoms with Crippen LogP contribution in [0.5, 0.6) is 0 Å². The number of rotatable bonds is 8. The van der Waals surface area contributed by atoms with Crippen molar-refractivity contribution in [1.29, 1.82) is 0 Å². The Morgan fingerprint density at radius 3 is 2.03 bits per heavy atom. The maximum Gasteiger partial charge on any atom is 0.184 e. The Kier molecular flexibility index (Phi) is 7.70. The van der Waals surface area contributed by atoms with Gasteiger partial charge in [-0.15, -0.1) is 0 Å². The van der Waals surface area contributed by atoms with Crippen molar-refractivity contribution in [3.8, 4) is 0 Å². The summed E-state index contributed by atoms with van der Waals surface area (Å²) in [5.74, 6) is 0. The summed E-state index contributed by atoms with van der Waals surface area (Å²) in [6, 6.07) is 28.6. The molecular formula is C27H27N3O5. The van der Waals surface area contributed by atoms with Gasteiger partial charge >= 0.3 is 0 Å². The largest absolute Gasteiger partial charge is 0.370 e. The average molecular weight is 474 g/mol. The summed E-state index contributed by atoms with van der Waals surface area (Å²) >= 11 is 0. The van der Waals surface area contributed by atoms with E-state index in [1.165, 1.54) is 0 Å². The molecule has 2 fully saturated rings. The molecule has 0 radical (unpaired) electrons. The van der Waals surface area contributed by atoms with Crippen LogP contribution < -0.4 is 0 Å². The second kappa shape index (κ2) is 11.5. The van der Waals surface area contributed by atoms with Crippen LogP contribution in [0, 0.1) is 0 Å². The zero-order chi connectivity index (χ0) is 23.9. The van der Waals surface area contributed by atoms with E-state index in [0.717, 1.165) is 16.7 Å². The molecule has 2 saturated heterocycles. The summed E-state index contributed by atoms with van der Waals surface area (Å²) in [5, 5.41) is 4.04. The molecule has 0 N–H and O–H groups in total.